The number of carbonyl (C=O) groups is 2. The van der Waals surface area contributed by atoms with Gasteiger partial charge in [-0.15, -0.1) is 0 Å². The number of hydrogen-bond acceptors (Lipinski definition) is 6. The first-order chi connectivity index (χ1) is 17.9. The Morgan fingerprint density at radius 3 is 2.45 bits per heavy atom. The van der Waals surface area contributed by atoms with E-state index < -0.39 is 33.5 Å². The number of thioether (sulfide) groups is 1. The number of alkyl carbamates (subject to hydrolysis) is 1. The van der Waals surface area contributed by atoms with E-state index in [1.165, 1.54) is 23.9 Å². The molecule has 8 nitrogen and oxygen atoms in total. The van der Waals surface area contributed by atoms with Crippen LogP contribution in [0.1, 0.15) is 31.9 Å². The Bertz CT molecular complexity index is 1290. The van der Waals surface area contributed by atoms with E-state index in [0.717, 1.165) is 11.1 Å². The number of aliphatic imine (C=N–C) groups is 1. The Balaban J connectivity index is 1.56. The molecule has 38 heavy (non-hydrogen) atoms. The first-order valence-electron chi connectivity index (χ1n) is 12.4. The zero-order valence-electron chi connectivity index (χ0n) is 21.6. The van der Waals surface area contributed by atoms with Crippen LogP contribution in [0.4, 0.5) is 9.18 Å². The number of hydrogen-bond donors (Lipinski definition) is 1. The summed E-state index contributed by atoms with van der Waals surface area (Å²) >= 11 is 1.28. The Morgan fingerprint density at radius 2 is 1.79 bits per heavy atom. The van der Waals surface area contributed by atoms with Crippen LogP contribution in [0, 0.1) is 5.82 Å². The van der Waals surface area contributed by atoms with Crippen LogP contribution in [0.5, 0.6) is 0 Å². The quantitative estimate of drug-likeness (QED) is 0.551. The lowest BCUT2D eigenvalue weighted by molar-refractivity contribution is -0.119. The number of fused-ring (bicyclic) bond motifs is 1. The van der Waals surface area contributed by atoms with Crippen molar-refractivity contribution in [1.82, 2.24) is 10.2 Å². The highest BCUT2D eigenvalue weighted by atomic mass is 32.2. The minimum absolute atomic E-state index is 0.00903. The molecule has 0 aromatic heterocycles. The average Bonchev–Trinajstić information content (AvgIpc) is 3.28. The second-order valence-corrected chi connectivity index (χ2v) is 13.9. The summed E-state index contributed by atoms with van der Waals surface area (Å²) in [5, 5.41) is 2.87. The maximum Gasteiger partial charge on any atom is 0.408 e. The molecular formula is C27H32FN3O5S2. The monoisotopic (exact) mass is 561 g/mol. The van der Waals surface area contributed by atoms with Crippen molar-refractivity contribution in [3.63, 3.8) is 0 Å². The molecular weight excluding hydrogens is 529 g/mol. The minimum atomic E-state index is -3.19. The van der Waals surface area contributed by atoms with Crippen molar-refractivity contribution in [2.45, 2.75) is 56.5 Å². The molecule has 0 aliphatic carbocycles. The molecule has 204 valence electrons. The molecule has 11 heteroatoms. The number of rotatable bonds is 7. The largest absolute Gasteiger partial charge is 0.444 e. The Kier molecular flexibility index (Phi) is 8.46. The number of nitrogens with zero attached hydrogens (tertiary/aromatic N) is 2. The lowest BCUT2D eigenvalue weighted by Crippen LogP contribution is -2.45. The molecule has 2 heterocycles. The van der Waals surface area contributed by atoms with Crippen molar-refractivity contribution in [3.05, 3.63) is 71.5 Å². The van der Waals surface area contributed by atoms with Crippen LogP contribution in [-0.2, 0) is 32.2 Å². The number of nitrogens with one attached hydrogen (secondary N) is 1. The number of amides is 2. The predicted molar refractivity (Wildman–Crippen MR) is 146 cm³/mol. The standard InChI is InChI=1S/C27H32FN3O5S2/c1-27(2,3)36-26(33)29-21(15-19-7-5-4-6-8-19)24(32)30-25-31(14-13-18-9-11-20(28)12-10-18)22-16-38(34,35)17-23(22)37-25/h4-12,21-23H,13-17H2,1-3H3,(H,29,33)/t21-,22-,23-/m0/s1. The van der Waals surface area contributed by atoms with Crippen molar-refractivity contribution >= 4 is 38.8 Å². The molecule has 2 amide bonds. The molecule has 4 rings (SSSR count). The molecule has 2 aliphatic rings. The zero-order chi connectivity index (χ0) is 27.5. The van der Waals surface area contributed by atoms with E-state index in [1.54, 1.807) is 32.9 Å². The third kappa shape index (κ3) is 7.57. The van der Waals surface area contributed by atoms with E-state index in [1.807, 2.05) is 35.2 Å². The fourth-order valence-electron chi connectivity index (χ4n) is 4.47. The predicted octanol–water partition coefficient (Wildman–Crippen LogP) is 3.60. The third-order valence-corrected chi connectivity index (χ3v) is 9.45. The number of carbonyl (C=O) groups excluding carboxylic acids is 2. The molecule has 0 unspecified atom stereocenters. The van der Waals surface area contributed by atoms with Gasteiger partial charge in [0.2, 0.25) is 0 Å². The highest BCUT2D eigenvalue weighted by molar-refractivity contribution is 8.15. The van der Waals surface area contributed by atoms with Gasteiger partial charge >= 0.3 is 6.09 Å². The Morgan fingerprint density at radius 1 is 1.11 bits per heavy atom. The average molecular weight is 562 g/mol. The Hall–Kier alpha value is -2.92. The minimum Gasteiger partial charge on any atom is -0.444 e. The zero-order valence-corrected chi connectivity index (χ0v) is 23.2. The van der Waals surface area contributed by atoms with Gasteiger partial charge < -0.3 is 15.0 Å². The second kappa shape index (κ2) is 11.4. The summed E-state index contributed by atoms with van der Waals surface area (Å²) in [6.07, 6.45) is 0.0279. The molecule has 2 fully saturated rings. The van der Waals surface area contributed by atoms with Crippen molar-refractivity contribution in [2.24, 2.45) is 4.99 Å². The number of ether oxygens (including phenoxy) is 1. The molecule has 0 saturated carbocycles. The van der Waals surface area contributed by atoms with Gasteiger partial charge in [0.15, 0.2) is 15.0 Å². The summed E-state index contributed by atoms with van der Waals surface area (Å²) in [5.41, 5.74) is 0.995. The number of sulfone groups is 1. The van der Waals surface area contributed by atoms with Gasteiger partial charge in [-0.2, -0.15) is 4.99 Å². The van der Waals surface area contributed by atoms with Crippen molar-refractivity contribution in [3.8, 4) is 0 Å². The van der Waals surface area contributed by atoms with Gasteiger partial charge in [-0.05, 0) is 50.5 Å². The van der Waals surface area contributed by atoms with Gasteiger partial charge in [-0.3, -0.25) is 4.79 Å². The number of benzene rings is 2. The summed E-state index contributed by atoms with van der Waals surface area (Å²) < 4.78 is 43.4. The maximum atomic E-state index is 13.5. The smallest absolute Gasteiger partial charge is 0.408 e. The van der Waals surface area contributed by atoms with E-state index in [9.17, 15) is 22.4 Å². The topological polar surface area (TPSA) is 105 Å². The highest BCUT2D eigenvalue weighted by Crippen LogP contribution is 2.38. The van der Waals surface area contributed by atoms with Crippen LogP contribution in [0.2, 0.25) is 0 Å². The van der Waals surface area contributed by atoms with E-state index in [2.05, 4.69) is 10.3 Å². The molecule has 3 atom stereocenters. The van der Waals surface area contributed by atoms with E-state index in [0.29, 0.717) is 18.1 Å². The molecule has 2 aliphatic heterocycles. The summed E-state index contributed by atoms with van der Waals surface area (Å²) in [6, 6.07) is 14.1. The van der Waals surface area contributed by atoms with Gasteiger partial charge in [-0.25, -0.2) is 17.6 Å². The highest BCUT2D eigenvalue weighted by Gasteiger charge is 2.48. The summed E-state index contributed by atoms with van der Waals surface area (Å²) in [5.74, 6) is -0.865. The lowest BCUT2D eigenvalue weighted by atomic mass is 10.1. The number of halogens is 1. The fourth-order valence-corrected chi connectivity index (χ4v) is 8.45. The van der Waals surface area contributed by atoms with Crippen LogP contribution >= 0.6 is 11.8 Å². The van der Waals surface area contributed by atoms with Crippen LogP contribution in [0.25, 0.3) is 0 Å². The first kappa shape index (κ1) is 28.1. The van der Waals surface area contributed by atoms with Gasteiger partial charge in [0, 0.05) is 18.2 Å². The van der Waals surface area contributed by atoms with Crippen LogP contribution in [-0.4, -0.2) is 71.5 Å². The van der Waals surface area contributed by atoms with Gasteiger partial charge in [0.05, 0.1) is 17.5 Å². The van der Waals surface area contributed by atoms with Crippen molar-refractivity contribution in [1.29, 1.82) is 0 Å². The van der Waals surface area contributed by atoms with Gasteiger partial charge in [0.1, 0.15) is 17.5 Å². The van der Waals surface area contributed by atoms with E-state index >= 15 is 0 Å². The number of amidine groups is 1. The fraction of sp³-hybridized carbons (Fsp3) is 0.444. The SMILES string of the molecule is CC(C)(C)OC(=O)N[C@@H](Cc1ccccc1)C(=O)N=C1S[C@H]2CS(=O)(=O)C[C@@H]2N1CCc1ccc(F)cc1. The maximum absolute atomic E-state index is 13.5. The molecule has 1 N–H and O–H groups in total. The van der Waals surface area contributed by atoms with E-state index in [-0.39, 0.29) is 35.0 Å². The molecule has 0 bridgehead atoms. The van der Waals surface area contributed by atoms with Gasteiger partial charge in [-0.1, -0.05) is 54.2 Å². The van der Waals surface area contributed by atoms with Gasteiger partial charge in [0.25, 0.3) is 5.91 Å². The summed E-state index contributed by atoms with van der Waals surface area (Å²) in [4.78, 5) is 32.3. The van der Waals surface area contributed by atoms with E-state index in [4.69, 9.17) is 4.74 Å². The third-order valence-electron chi connectivity index (χ3n) is 6.21. The Labute approximate surface area is 227 Å². The lowest BCUT2D eigenvalue weighted by Gasteiger charge is -2.25. The molecule has 2 aromatic rings. The summed E-state index contributed by atoms with van der Waals surface area (Å²) in [7, 11) is -3.19. The molecule has 2 saturated heterocycles. The second-order valence-electron chi connectivity index (χ2n) is 10.5. The molecule has 2 aromatic carbocycles. The van der Waals surface area contributed by atoms with Crippen LogP contribution in [0.3, 0.4) is 0 Å². The van der Waals surface area contributed by atoms with Crippen LogP contribution < -0.4 is 5.32 Å². The summed E-state index contributed by atoms with van der Waals surface area (Å²) in [6.45, 7) is 5.63. The van der Waals surface area contributed by atoms with Crippen molar-refractivity contribution in [2.75, 3.05) is 18.1 Å². The first-order valence-corrected chi connectivity index (χ1v) is 15.1. The van der Waals surface area contributed by atoms with Crippen molar-refractivity contribution < 1.29 is 27.1 Å². The molecule has 0 radical (unpaired) electrons. The van der Waals surface area contributed by atoms with Crippen LogP contribution in [0.15, 0.2) is 59.6 Å². The normalized spacial score (nSPS) is 22.2. The molecule has 0 spiro atoms.